The molecule has 1 aliphatic heterocycles. The highest BCUT2D eigenvalue weighted by Gasteiger charge is 2.58. The Balaban J connectivity index is 1.55. The number of hydrogen-bond acceptors (Lipinski definition) is 2. The summed E-state index contributed by atoms with van der Waals surface area (Å²) in [6.45, 7) is 0.374. The number of carbonyl (C=O) groups excluding carboxylic acids is 2. The van der Waals surface area contributed by atoms with Gasteiger partial charge >= 0.3 is 0 Å². The van der Waals surface area contributed by atoms with Crippen LogP contribution in [0.2, 0.25) is 5.02 Å². The number of rotatable bonds is 3. The minimum Gasteiger partial charge on any atom is -0.278 e. The molecule has 2 aromatic carbocycles. The van der Waals surface area contributed by atoms with Crippen LogP contribution in [0.5, 0.6) is 0 Å². The van der Waals surface area contributed by atoms with Gasteiger partial charge in [0.05, 0.1) is 18.4 Å². The van der Waals surface area contributed by atoms with Gasteiger partial charge in [0.1, 0.15) is 0 Å². The van der Waals surface area contributed by atoms with Crippen molar-refractivity contribution >= 4 is 23.4 Å². The van der Waals surface area contributed by atoms with E-state index >= 15 is 0 Å². The van der Waals surface area contributed by atoms with E-state index in [0.29, 0.717) is 11.6 Å². The Kier molecular flexibility index (Phi) is 3.46. The van der Waals surface area contributed by atoms with Crippen molar-refractivity contribution in [1.82, 2.24) is 4.90 Å². The minimum atomic E-state index is -0.201. The topological polar surface area (TPSA) is 37.4 Å². The quantitative estimate of drug-likeness (QED) is 0.808. The van der Waals surface area contributed by atoms with Crippen LogP contribution in [0.1, 0.15) is 23.5 Å². The Morgan fingerprint density at radius 1 is 0.913 bits per heavy atom. The zero-order valence-electron chi connectivity index (χ0n) is 12.5. The van der Waals surface area contributed by atoms with E-state index in [2.05, 4.69) is 0 Å². The third-order valence-corrected chi connectivity index (χ3v) is 5.24. The first-order valence-electron chi connectivity index (χ1n) is 7.80. The Bertz CT molecular complexity index is 757. The van der Waals surface area contributed by atoms with E-state index in [1.54, 1.807) is 0 Å². The molecule has 1 heterocycles. The molecule has 1 saturated heterocycles. The summed E-state index contributed by atoms with van der Waals surface area (Å²) in [5, 5.41) is 0.684. The lowest BCUT2D eigenvalue weighted by Crippen LogP contribution is -2.37. The van der Waals surface area contributed by atoms with Crippen LogP contribution in [0.15, 0.2) is 54.6 Å². The summed E-state index contributed by atoms with van der Waals surface area (Å²) in [6, 6.07) is 17.3. The van der Waals surface area contributed by atoms with Crippen molar-refractivity contribution in [3.05, 3.63) is 70.7 Å². The van der Waals surface area contributed by atoms with Crippen molar-refractivity contribution in [1.29, 1.82) is 0 Å². The lowest BCUT2D eigenvalue weighted by Gasteiger charge is -2.36. The fourth-order valence-corrected chi connectivity index (χ4v) is 3.84. The van der Waals surface area contributed by atoms with Crippen LogP contribution in [0.3, 0.4) is 0 Å². The SMILES string of the molecule is O=C1[C@H]2[C@H](C[C@@H]2c2ccc(Cl)cc2)C(=O)N1Cc1ccccc1. The monoisotopic (exact) mass is 325 g/mol. The van der Waals surface area contributed by atoms with Crippen molar-refractivity contribution < 1.29 is 9.59 Å². The second kappa shape index (κ2) is 5.50. The minimum absolute atomic E-state index is 0.0194. The summed E-state index contributed by atoms with van der Waals surface area (Å²) in [6.07, 6.45) is 0.752. The number of halogens is 1. The molecule has 2 amide bonds. The average Bonchev–Trinajstić information content (AvgIpc) is 2.70. The molecule has 2 fully saturated rings. The first-order valence-corrected chi connectivity index (χ1v) is 8.17. The Morgan fingerprint density at radius 2 is 1.61 bits per heavy atom. The number of fused-ring (bicyclic) bond motifs is 1. The van der Waals surface area contributed by atoms with Gasteiger partial charge in [-0.15, -0.1) is 0 Å². The summed E-state index contributed by atoms with van der Waals surface area (Å²) in [5.74, 6) is -0.266. The Hall–Kier alpha value is -2.13. The van der Waals surface area contributed by atoms with Gasteiger partial charge in [-0.2, -0.15) is 0 Å². The fourth-order valence-electron chi connectivity index (χ4n) is 3.71. The van der Waals surface area contributed by atoms with Crippen LogP contribution in [-0.2, 0) is 16.1 Å². The van der Waals surface area contributed by atoms with Gasteiger partial charge in [-0.3, -0.25) is 14.5 Å². The maximum atomic E-state index is 12.7. The summed E-state index contributed by atoms with van der Waals surface area (Å²) in [5.41, 5.74) is 2.08. The molecule has 0 bridgehead atoms. The van der Waals surface area contributed by atoms with Gasteiger partial charge in [0, 0.05) is 5.02 Å². The van der Waals surface area contributed by atoms with Gasteiger partial charge < -0.3 is 0 Å². The number of amides is 2. The number of nitrogens with zero attached hydrogens (tertiary/aromatic N) is 1. The highest BCUT2D eigenvalue weighted by molar-refractivity contribution is 6.30. The van der Waals surface area contributed by atoms with Crippen molar-refractivity contribution in [2.24, 2.45) is 11.8 Å². The molecule has 4 heteroatoms. The molecule has 4 rings (SSSR count). The van der Waals surface area contributed by atoms with Crippen molar-refractivity contribution in [3.8, 4) is 0 Å². The van der Waals surface area contributed by atoms with Crippen LogP contribution in [0.4, 0.5) is 0 Å². The van der Waals surface area contributed by atoms with Gasteiger partial charge in [0.15, 0.2) is 0 Å². The molecule has 2 aromatic rings. The second-order valence-electron chi connectivity index (χ2n) is 6.27. The zero-order valence-corrected chi connectivity index (χ0v) is 13.2. The van der Waals surface area contributed by atoms with Crippen LogP contribution in [-0.4, -0.2) is 16.7 Å². The standard InChI is InChI=1S/C19H16ClNO2/c20-14-8-6-13(7-9-14)15-10-16-17(15)19(23)21(18(16)22)11-12-4-2-1-3-5-12/h1-9,15-17H,10-11H2/t15-,16+,17-/m1/s1. The van der Waals surface area contributed by atoms with Crippen molar-refractivity contribution in [2.75, 3.05) is 0 Å². The molecule has 1 saturated carbocycles. The lowest BCUT2D eigenvalue weighted by atomic mass is 9.63. The van der Waals surface area contributed by atoms with E-state index in [4.69, 9.17) is 11.6 Å². The first-order chi connectivity index (χ1) is 11.1. The van der Waals surface area contributed by atoms with Gasteiger partial charge in [-0.1, -0.05) is 54.1 Å². The highest BCUT2D eigenvalue weighted by atomic mass is 35.5. The number of likely N-dealkylation sites (tertiary alicyclic amines) is 1. The second-order valence-corrected chi connectivity index (χ2v) is 6.71. The lowest BCUT2D eigenvalue weighted by molar-refractivity contribution is -0.140. The molecule has 0 unspecified atom stereocenters. The van der Waals surface area contributed by atoms with Gasteiger partial charge in [-0.05, 0) is 35.6 Å². The predicted octanol–water partition coefficient (Wildman–Crippen LogP) is 3.63. The molecular formula is C19H16ClNO2. The molecule has 3 nitrogen and oxygen atoms in total. The molecule has 2 aliphatic rings. The van der Waals surface area contributed by atoms with Crippen molar-refractivity contribution in [2.45, 2.75) is 18.9 Å². The number of imide groups is 1. The predicted molar refractivity (Wildman–Crippen MR) is 87.8 cm³/mol. The third kappa shape index (κ3) is 2.36. The van der Waals surface area contributed by atoms with Crippen LogP contribution >= 0.6 is 11.6 Å². The zero-order chi connectivity index (χ0) is 16.0. The van der Waals surface area contributed by atoms with Gasteiger partial charge in [0.2, 0.25) is 11.8 Å². The van der Waals surface area contributed by atoms with Gasteiger partial charge in [-0.25, -0.2) is 0 Å². The number of benzene rings is 2. The highest BCUT2D eigenvalue weighted by Crippen LogP contribution is 2.52. The van der Waals surface area contributed by atoms with E-state index in [-0.39, 0.29) is 29.6 Å². The van der Waals surface area contributed by atoms with E-state index in [0.717, 1.165) is 17.5 Å². The molecule has 1 aliphatic carbocycles. The maximum Gasteiger partial charge on any atom is 0.234 e. The summed E-state index contributed by atoms with van der Waals surface area (Å²) < 4.78 is 0. The Morgan fingerprint density at radius 3 is 2.30 bits per heavy atom. The number of hydrogen-bond donors (Lipinski definition) is 0. The molecule has 0 aromatic heterocycles. The van der Waals surface area contributed by atoms with E-state index < -0.39 is 0 Å². The average molecular weight is 326 g/mol. The molecule has 0 spiro atoms. The summed E-state index contributed by atoms with van der Waals surface area (Å²) in [7, 11) is 0. The Labute approximate surface area is 139 Å². The third-order valence-electron chi connectivity index (χ3n) is 4.99. The van der Waals surface area contributed by atoms with Gasteiger partial charge in [0.25, 0.3) is 0 Å². The summed E-state index contributed by atoms with van der Waals surface area (Å²) >= 11 is 5.92. The first kappa shape index (κ1) is 14.5. The smallest absolute Gasteiger partial charge is 0.234 e. The number of carbonyl (C=O) groups is 2. The van der Waals surface area contributed by atoms with E-state index in [9.17, 15) is 9.59 Å². The molecule has 0 radical (unpaired) electrons. The molecule has 23 heavy (non-hydrogen) atoms. The van der Waals surface area contributed by atoms with Crippen LogP contribution in [0.25, 0.3) is 0 Å². The molecule has 116 valence electrons. The largest absolute Gasteiger partial charge is 0.278 e. The summed E-state index contributed by atoms with van der Waals surface area (Å²) in [4.78, 5) is 26.6. The van der Waals surface area contributed by atoms with Crippen LogP contribution < -0.4 is 0 Å². The van der Waals surface area contributed by atoms with E-state index in [1.807, 2.05) is 54.6 Å². The molecular weight excluding hydrogens is 310 g/mol. The molecule has 0 N–H and O–H groups in total. The van der Waals surface area contributed by atoms with Crippen LogP contribution in [0, 0.1) is 11.8 Å². The maximum absolute atomic E-state index is 12.7. The van der Waals surface area contributed by atoms with E-state index in [1.165, 1.54) is 4.90 Å². The fraction of sp³-hybridized carbons (Fsp3) is 0.263. The molecule has 3 atom stereocenters. The van der Waals surface area contributed by atoms with Crippen molar-refractivity contribution in [3.63, 3.8) is 0 Å². The normalized spacial score (nSPS) is 26.1.